The summed E-state index contributed by atoms with van der Waals surface area (Å²) in [7, 11) is 0. The van der Waals surface area contributed by atoms with Crippen molar-refractivity contribution in [3.8, 4) is 0 Å². The van der Waals surface area contributed by atoms with Gasteiger partial charge in [-0.25, -0.2) is 0 Å². The molecule has 0 saturated heterocycles. The lowest BCUT2D eigenvalue weighted by molar-refractivity contribution is -0.911. The van der Waals surface area contributed by atoms with Crippen LogP contribution in [0.5, 0.6) is 0 Å². The van der Waals surface area contributed by atoms with Gasteiger partial charge in [-0.3, -0.25) is 5.21 Å². The summed E-state index contributed by atoms with van der Waals surface area (Å²) in [6, 6.07) is 1.62. The summed E-state index contributed by atoms with van der Waals surface area (Å²) in [5.41, 5.74) is 0.440. The number of hydrogen-bond acceptors (Lipinski definition) is 1. The SMILES string of the molecule is CC(C)(C)c1c(Cl)cc(Cl)c[n+]1O. The van der Waals surface area contributed by atoms with E-state index < -0.39 is 0 Å². The number of hydrogen-bond donors (Lipinski definition) is 1. The molecule has 72 valence electrons. The van der Waals surface area contributed by atoms with Crippen LogP contribution in [-0.4, -0.2) is 5.21 Å². The molecule has 0 amide bonds. The fourth-order valence-corrected chi connectivity index (χ4v) is 1.96. The highest BCUT2D eigenvalue weighted by atomic mass is 35.5. The Bertz CT molecular complexity index is 308. The van der Waals surface area contributed by atoms with Crippen molar-refractivity contribution in [1.29, 1.82) is 0 Å². The van der Waals surface area contributed by atoms with Gasteiger partial charge >= 0.3 is 0 Å². The number of pyridine rings is 1. The fourth-order valence-electron chi connectivity index (χ4n) is 1.22. The molecule has 13 heavy (non-hydrogen) atoms. The fraction of sp³-hybridized carbons (Fsp3) is 0.444. The van der Waals surface area contributed by atoms with Crippen LogP contribution in [0.4, 0.5) is 0 Å². The molecule has 1 aromatic heterocycles. The highest BCUT2D eigenvalue weighted by Crippen LogP contribution is 2.27. The van der Waals surface area contributed by atoms with Gasteiger partial charge in [-0.05, 0) is 26.8 Å². The van der Waals surface area contributed by atoms with Crippen LogP contribution in [0.2, 0.25) is 10.0 Å². The lowest BCUT2D eigenvalue weighted by atomic mass is 9.91. The van der Waals surface area contributed by atoms with E-state index in [4.69, 9.17) is 23.2 Å². The van der Waals surface area contributed by atoms with E-state index in [1.54, 1.807) is 6.07 Å². The second-order valence-corrected chi connectivity index (χ2v) is 4.79. The van der Waals surface area contributed by atoms with Crippen LogP contribution >= 0.6 is 23.2 Å². The molecule has 0 aliphatic heterocycles. The first-order valence-corrected chi connectivity index (χ1v) is 4.68. The summed E-state index contributed by atoms with van der Waals surface area (Å²) in [5.74, 6) is 0. The van der Waals surface area contributed by atoms with Crippen molar-refractivity contribution in [2.24, 2.45) is 0 Å². The summed E-state index contributed by atoms with van der Waals surface area (Å²) in [6.45, 7) is 5.90. The first-order valence-electron chi connectivity index (χ1n) is 3.93. The minimum absolute atomic E-state index is 0.212. The van der Waals surface area contributed by atoms with Crippen molar-refractivity contribution in [3.05, 3.63) is 28.0 Å². The van der Waals surface area contributed by atoms with E-state index in [-0.39, 0.29) is 5.41 Å². The molecule has 0 fully saturated rings. The Morgan fingerprint density at radius 1 is 1.31 bits per heavy atom. The molecule has 2 nitrogen and oxygen atoms in total. The second kappa shape index (κ2) is 3.35. The van der Waals surface area contributed by atoms with Crippen LogP contribution in [0, 0.1) is 0 Å². The molecule has 4 heteroatoms. The van der Waals surface area contributed by atoms with Crippen molar-refractivity contribution in [1.82, 2.24) is 0 Å². The first-order chi connectivity index (χ1) is 5.82. The molecule has 1 N–H and O–H groups in total. The molecule has 1 heterocycles. The Morgan fingerprint density at radius 2 is 1.85 bits per heavy atom. The Hall–Kier alpha value is -0.470. The number of nitrogens with zero attached hydrogens (tertiary/aromatic N) is 1. The summed E-state index contributed by atoms with van der Waals surface area (Å²) < 4.78 is 0.977. The molecule has 1 rings (SSSR count). The average molecular weight is 221 g/mol. The maximum absolute atomic E-state index is 9.56. The third kappa shape index (κ3) is 2.26. The Morgan fingerprint density at radius 3 is 2.23 bits per heavy atom. The van der Waals surface area contributed by atoms with Gasteiger partial charge in [-0.1, -0.05) is 23.2 Å². The van der Waals surface area contributed by atoms with Crippen molar-refractivity contribution in [2.75, 3.05) is 0 Å². The number of rotatable bonds is 0. The molecule has 1 aromatic rings. The first kappa shape index (κ1) is 10.6. The summed E-state index contributed by atoms with van der Waals surface area (Å²) >= 11 is 11.7. The molecule has 0 radical (unpaired) electrons. The minimum Gasteiger partial charge on any atom is -0.285 e. The predicted molar refractivity (Wildman–Crippen MR) is 52.5 cm³/mol. The van der Waals surface area contributed by atoms with Crippen molar-refractivity contribution < 1.29 is 9.94 Å². The quantitative estimate of drug-likeness (QED) is 0.528. The van der Waals surface area contributed by atoms with Gasteiger partial charge < -0.3 is 0 Å². The second-order valence-electron chi connectivity index (χ2n) is 3.95. The van der Waals surface area contributed by atoms with Crippen LogP contribution in [0.15, 0.2) is 12.3 Å². The van der Waals surface area contributed by atoms with E-state index in [0.29, 0.717) is 15.7 Å². The molecule has 0 unspecified atom stereocenters. The van der Waals surface area contributed by atoms with E-state index >= 15 is 0 Å². The standard InChI is InChI=1S/C9H12Cl2NO/c1-9(2,3)8-7(11)4-6(10)5-12(8)13/h4-5,13H,1-3H3/q+1. The summed E-state index contributed by atoms with van der Waals surface area (Å²) in [6.07, 6.45) is 1.42. The summed E-state index contributed by atoms with van der Waals surface area (Å²) in [5, 5.41) is 10.4. The summed E-state index contributed by atoms with van der Waals surface area (Å²) in [4.78, 5) is 0. The van der Waals surface area contributed by atoms with E-state index in [2.05, 4.69) is 0 Å². The van der Waals surface area contributed by atoms with Gasteiger partial charge in [0.15, 0.2) is 0 Å². The zero-order valence-electron chi connectivity index (χ0n) is 7.81. The topological polar surface area (TPSA) is 24.1 Å². The van der Waals surface area contributed by atoms with Crippen LogP contribution in [-0.2, 0) is 5.41 Å². The molecule has 0 bridgehead atoms. The molecular weight excluding hydrogens is 209 g/mol. The number of aromatic nitrogens is 1. The van der Waals surface area contributed by atoms with Gasteiger partial charge in [0.1, 0.15) is 10.0 Å². The van der Waals surface area contributed by atoms with Crippen LogP contribution in [0.25, 0.3) is 0 Å². The molecule has 0 atom stereocenters. The van der Waals surface area contributed by atoms with E-state index in [0.717, 1.165) is 4.73 Å². The third-order valence-corrected chi connectivity index (χ3v) is 2.17. The lowest BCUT2D eigenvalue weighted by Gasteiger charge is -2.14. The third-order valence-electron chi connectivity index (χ3n) is 1.68. The molecule has 0 aliphatic carbocycles. The van der Waals surface area contributed by atoms with Crippen molar-refractivity contribution in [2.45, 2.75) is 26.2 Å². The normalized spacial score (nSPS) is 11.8. The van der Waals surface area contributed by atoms with Crippen LogP contribution in [0.3, 0.4) is 0 Å². The zero-order chi connectivity index (χ0) is 10.2. The van der Waals surface area contributed by atoms with E-state index in [9.17, 15) is 5.21 Å². The monoisotopic (exact) mass is 220 g/mol. The van der Waals surface area contributed by atoms with E-state index in [1.165, 1.54) is 6.20 Å². The number of halogens is 2. The molecule has 0 spiro atoms. The van der Waals surface area contributed by atoms with Gasteiger partial charge in [0, 0.05) is 4.73 Å². The maximum Gasteiger partial charge on any atom is 0.257 e. The molecule has 0 aliphatic rings. The molecule has 0 saturated carbocycles. The lowest BCUT2D eigenvalue weighted by Crippen LogP contribution is -2.41. The van der Waals surface area contributed by atoms with Gasteiger partial charge in [0.25, 0.3) is 5.69 Å². The van der Waals surface area contributed by atoms with Crippen molar-refractivity contribution in [3.63, 3.8) is 0 Å². The Labute approximate surface area is 87.7 Å². The molecule has 0 aromatic carbocycles. The Kier molecular flexibility index (Phi) is 2.74. The van der Waals surface area contributed by atoms with E-state index in [1.807, 2.05) is 20.8 Å². The minimum atomic E-state index is -0.212. The smallest absolute Gasteiger partial charge is 0.257 e. The van der Waals surface area contributed by atoms with Crippen LogP contribution < -0.4 is 4.73 Å². The maximum atomic E-state index is 9.56. The largest absolute Gasteiger partial charge is 0.285 e. The predicted octanol–water partition coefficient (Wildman–Crippen LogP) is 2.82. The highest BCUT2D eigenvalue weighted by molar-refractivity contribution is 6.34. The van der Waals surface area contributed by atoms with Crippen LogP contribution in [0.1, 0.15) is 26.5 Å². The van der Waals surface area contributed by atoms with Gasteiger partial charge in [-0.2, -0.15) is 0 Å². The average Bonchev–Trinajstić information content (AvgIpc) is 1.78. The van der Waals surface area contributed by atoms with Crippen molar-refractivity contribution >= 4 is 23.2 Å². The van der Waals surface area contributed by atoms with Gasteiger partial charge in [0.05, 0.1) is 5.41 Å². The highest BCUT2D eigenvalue weighted by Gasteiger charge is 2.30. The molecular formula is C9H12Cl2NO+. The zero-order valence-corrected chi connectivity index (χ0v) is 9.32. The van der Waals surface area contributed by atoms with Gasteiger partial charge in [-0.15, -0.1) is 0 Å². The Balaban J connectivity index is 3.38. The van der Waals surface area contributed by atoms with Gasteiger partial charge in [0.2, 0.25) is 6.20 Å².